The highest BCUT2D eigenvalue weighted by atomic mass is 15.3. The minimum absolute atomic E-state index is 0.00694. The van der Waals surface area contributed by atoms with Crippen molar-refractivity contribution in [1.29, 1.82) is 5.41 Å². The highest BCUT2D eigenvalue weighted by molar-refractivity contribution is 5.85. The lowest BCUT2D eigenvalue weighted by Gasteiger charge is -1.92. The lowest BCUT2D eigenvalue weighted by atomic mass is 10.7. The predicted molar refractivity (Wildman–Crippen MR) is 38.0 cm³/mol. The molecule has 0 amide bonds. The van der Waals surface area contributed by atoms with Crippen molar-refractivity contribution >= 4 is 12.3 Å². The van der Waals surface area contributed by atoms with Crippen LogP contribution < -0.4 is 5.73 Å². The molecular formula is C5H7N5. The Labute approximate surface area is 57.7 Å². The molecule has 10 heavy (non-hydrogen) atoms. The molecule has 0 unspecified atom stereocenters. The zero-order chi connectivity index (χ0) is 7.40. The monoisotopic (exact) mass is 137 g/mol. The van der Waals surface area contributed by atoms with Gasteiger partial charge >= 0.3 is 0 Å². The van der Waals surface area contributed by atoms with Gasteiger partial charge in [0.25, 0.3) is 0 Å². The Bertz CT molecular complexity index is 235. The van der Waals surface area contributed by atoms with Crippen LogP contribution in [0.15, 0.2) is 23.5 Å². The van der Waals surface area contributed by atoms with E-state index in [2.05, 4.69) is 10.1 Å². The van der Waals surface area contributed by atoms with Crippen molar-refractivity contribution in [1.82, 2.24) is 9.78 Å². The van der Waals surface area contributed by atoms with Gasteiger partial charge in [0.2, 0.25) is 5.96 Å². The number of rotatable bonds is 0. The molecule has 0 spiro atoms. The van der Waals surface area contributed by atoms with E-state index in [1.165, 1.54) is 4.68 Å². The van der Waals surface area contributed by atoms with E-state index in [-0.39, 0.29) is 5.96 Å². The number of hydrogen-bond acceptors (Lipinski definition) is 2. The third kappa shape index (κ3) is 1.19. The van der Waals surface area contributed by atoms with Crippen LogP contribution in [0.1, 0.15) is 0 Å². The van der Waals surface area contributed by atoms with E-state index in [9.17, 15) is 0 Å². The first kappa shape index (κ1) is 6.47. The lowest BCUT2D eigenvalue weighted by molar-refractivity contribution is 0.912. The van der Waals surface area contributed by atoms with Crippen LogP contribution >= 0.6 is 0 Å². The van der Waals surface area contributed by atoms with Crippen molar-refractivity contribution in [3.63, 3.8) is 0 Å². The van der Waals surface area contributed by atoms with Crippen molar-refractivity contribution < 1.29 is 0 Å². The van der Waals surface area contributed by atoms with E-state index in [4.69, 9.17) is 11.1 Å². The second-order valence-corrected chi connectivity index (χ2v) is 1.55. The van der Waals surface area contributed by atoms with E-state index in [1.807, 2.05) is 0 Å². The van der Waals surface area contributed by atoms with Gasteiger partial charge in [-0.2, -0.15) is 5.10 Å². The smallest absolute Gasteiger partial charge is 0.244 e. The summed E-state index contributed by atoms with van der Waals surface area (Å²) in [7, 11) is 0. The van der Waals surface area contributed by atoms with Gasteiger partial charge in [-0.3, -0.25) is 5.41 Å². The first-order valence-electron chi connectivity index (χ1n) is 2.67. The Balaban J connectivity index is 2.78. The number of aromatic nitrogens is 2. The summed E-state index contributed by atoms with van der Waals surface area (Å²) in [5, 5.41) is 10.9. The number of hydrogen-bond donors (Lipinski definition) is 2. The van der Waals surface area contributed by atoms with Crippen LogP contribution in [0, 0.1) is 5.41 Å². The second-order valence-electron chi connectivity index (χ2n) is 1.55. The van der Waals surface area contributed by atoms with Crippen molar-refractivity contribution in [2.45, 2.75) is 0 Å². The largest absolute Gasteiger partial charge is 0.390 e. The van der Waals surface area contributed by atoms with Crippen LogP contribution in [-0.2, 0) is 0 Å². The fourth-order valence-corrected chi connectivity index (χ4v) is 0.524. The third-order valence-corrected chi connectivity index (χ3v) is 0.918. The van der Waals surface area contributed by atoms with Crippen LogP contribution in [0.5, 0.6) is 0 Å². The standard InChI is InChI=1S/C5H7N5/c6-4-8-5(7)10-3-1-2-9-10/h1-4H,(H3,6,7,8). The van der Waals surface area contributed by atoms with E-state index in [1.54, 1.807) is 18.5 Å². The molecule has 0 saturated carbocycles. The van der Waals surface area contributed by atoms with E-state index in [0.717, 1.165) is 6.34 Å². The summed E-state index contributed by atoms with van der Waals surface area (Å²) in [4.78, 5) is 3.50. The molecule has 1 heterocycles. The van der Waals surface area contributed by atoms with E-state index >= 15 is 0 Å². The molecule has 0 aromatic carbocycles. The van der Waals surface area contributed by atoms with Gasteiger partial charge in [0.05, 0.1) is 6.34 Å². The van der Waals surface area contributed by atoms with Gasteiger partial charge in [-0.25, -0.2) is 9.67 Å². The van der Waals surface area contributed by atoms with Gasteiger partial charge in [0.15, 0.2) is 0 Å². The second kappa shape index (κ2) is 2.77. The average Bonchev–Trinajstić information content (AvgIpc) is 2.38. The Hall–Kier alpha value is -1.65. The fraction of sp³-hybridized carbons (Fsp3) is 0. The number of aliphatic imine (C=N–C) groups is 1. The minimum Gasteiger partial charge on any atom is -0.390 e. The normalized spacial score (nSPS) is 10.4. The van der Waals surface area contributed by atoms with Crippen molar-refractivity contribution in [2.75, 3.05) is 0 Å². The molecule has 0 aliphatic heterocycles. The number of nitrogens with one attached hydrogen (secondary N) is 1. The lowest BCUT2D eigenvalue weighted by Crippen LogP contribution is -2.09. The third-order valence-electron chi connectivity index (χ3n) is 0.918. The first-order valence-corrected chi connectivity index (χ1v) is 2.67. The molecule has 5 nitrogen and oxygen atoms in total. The maximum Gasteiger partial charge on any atom is 0.244 e. The summed E-state index contributed by atoms with van der Waals surface area (Å²) in [6.07, 6.45) is 4.25. The van der Waals surface area contributed by atoms with Gasteiger partial charge in [-0.1, -0.05) is 0 Å². The summed E-state index contributed by atoms with van der Waals surface area (Å²) < 4.78 is 1.31. The zero-order valence-corrected chi connectivity index (χ0v) is 5.23. The molecule has 0 bridgehead atoms. The average molecular weight is 137 g/mol. The molecule has 1 rings (SSSR count). The van der Waals surface area contributed by atoms with Crippen molar-refractivity contribution in [3.05, 3.63) is 18.5 Å². The summed E-state index contributed by atoms with van der Waals surface area (Å²) in [6.45, 7) is 0. The molecule has 0 aliphatic rings. The molecule has 52 valence electrons. The number of nitrogens with zero attached hydrogens (tertiary/aromatic N) is 3. The van der Waals surface area contributed by atoms with Gasteiger partial charge in [-0.15, -0.1) is 0 Å². The quantitative estimate of drug-likeness (QED) is 0.378. The maximum absolute atomic E-state index is 7.17. The predicted octanol–water partition coefficient (Wildman–Crippen LogP) is -0.347. The zero-order valence-electron chi connectivity index (χ0n) is 5.23. The van der Waals surface area contributed by atoms with Crippen LogP contribution in [-0.4, -0.2) is 22.1 Å². The fourth-order valence-electron chi connectivity index (χ4n) is 0.524. The van der Waals surface area contributed by atoms with E-state index in [0.29, 0.717) is 0 Å². The van der Waals surface area contributed by atoms with Crippen molar-refractivity contribution in [3.8, 4) is 0 Å². The Morgan fingerprint density at radius 2 is 2.60 bits per heavy atom. The van der Waals surface area contributed by atoms with Crippen LogP contribution in [0.4, 0.5) is 0 Å². The molecule has 0 radical (unpaired) electrons. The summed E-state index contributed by atoms with van der Waals surface area (Å²) in [5.74, 6) is 0.00694. The van der Waals surface area contributed by atoms with Gasteiger partial charge in [-0.05, 0) is 6.07 Å². The van der Waals surface area contributed by atoms with Gasteiger partial charge in [0.1, 0.15) is 0 Å². The Morgan fingerprint density at radius 3 is 3.10 bits per heavy atom. The maximum atomic E-state index is 7.17. The molecule has 0 aliphatic carbocycles. The summed E-state index contributed by atoms with van der Waals surface area (Å²) >= 11 is 0. The Kier molecular flexibility index (Phi) is 1.79. The minimum atomic E-state index is 0.00694. The molecule has 0 atom stereocenters. The van der Waals surface area contributed by atoms with Gasteiger partial charge < -0.3 is 5.73 Å². The van der Waals surface area contributed by atoms with Gasteiger partial charge in [0, 0.05) is 12.4 Å². The Morgan fingerprint density at radius 1 is 1.80 bits per heavy atom. The molecule has 0 fully saturated rings. The molecule has 0 saturated heterocycles. The molecule has 1 aromatic rings. The molecule has 5 heteroatoms. The SMILES string of the molecule is N=C(N=CN)n1cccn1. The van der Waals surface area contributed by atoms with Crippen LogP contribution in [0.2, 0.25) is 0 Å². The highest BCUT2D eigenvalue weighted by Crippen LogP contribution is 1.83. The van der Waals surface area contributed by atoms with E-state index < -0.39 is 0 Å². The topological polar surface area (TPSA) is 80.0 Å². The molecule has 1 aromatic heterocycles. The summed E-state index contributed by atoms with van der Waals surface area (Å²) in [5.41, 5.74) is 4.96. The highest BCUT2D eigenvalue weighted by Gasteiger charge is 1.92. The summed E-state index contributed by atoms with van der Waals surface area (Å²) in [6, 6.07) is 1.71. The van der Waals surface area contributed by atoms with Crippen molar-refractivity contribution in [2.24, 2.45) is 10.7 Å². The van der Waals surface area contributed by atoms with Crippen LogP contribution in [0.3, 0.4) is 0 Å². The van der Waals surface area contributed by atoms with Crippen LogP contribution in [0.25, 0.3) is 0 Å². The first-order chi connectivity index (χ1) is 4.84. The molecular weight excluding hydrogens is 130 g/mol. The molecule has 3 N–H and O–H groups in total. The number of nitrogens with two attached hydrogens (primary N) is 1.